The average molecular weight is 479 g/mol. The molecule has 0 fully saturated rings. The molecule has 1 aliphatic heterocycles. The van der Waals surface area contributed by atoms with E-state index in [1.807, 2.05) is 13.8 Å². The number of hydrogen-bond donors (Lipinski definition) is 2. The number of nitrogens with two attached hydrogens (primary N) is 1. The standard InChI is InChI=1S/C21H18ClF3N6O2/c1-9-6-28-14(10(2)16(9)33-3)8-31-18-15(17(22)29-20(26)30-18)13(19(31)32)5-12-4-11(7-27-12)21(23,24)25/h4-7,27H,8H2,1-3H3,(H2,26,29,30). The van der Waals surface area contributed by atoms with Crippen LogP contribution in [0.25, 0.3) is 11.6 Å². The fourth-order valence-electron chi connectivity index (χ4n) is 3.69. The van der Waals surface area contributed by atoms with Crippen LogP contribution in [-0.4, -0.2) is 33.0 Å². The molecule has 0 aromatic carbocycles. The summed E-state index contributed by atoms with van der Waals surface area (Å²) in [6, 6.07) is 0.894. The van der Waals surface area contributed by atoms with Crippen molar-refractivity contribution < 1.29 is 22.7 Å². The Labute approximate surface area is 191 Å². The Morgan fingerprint density at radius 1 is 1.30 bits per heavy atom. The second kappa shape index (κ2) is 8.07. The van der Waals surface area contributed by atoms with Gasteiger partial charge in [0, 0.05) is 29.2 Å². The summed E-state index contributed by atoms with van der Waals surface area (Å²) < 4.78 is 44.4. The second-order valence-electron chi connectivity index (χ2n) is 7.41. The molecule has 1 aliphatic rings. The molecule has 3 aromatic rings. The Bertz CT molecular complexity index is 1300. The number of fused-ring (bicyclic) bond motifs is 1. The number of methoxy groups -OCH3 is 1. The first kappa shape index (κ1) is 22.6. The Morgan fingerprint density at radius 2 is 2.03 bits per heavy atom. The first-order chi connectivity index (χ1) is 15.5. The first-order valence-corrected chi connectivity index (χ1v) is 10.0. The molecule has 12 heteroatoms. The molecular weight excluding hydrogens is 461 g/mol. The van der Waals surface area contributed by atoms with Gasteiger partial charge in [-0.2, -0.15) is 18.2 Å². The van der Waals surface area contributed by atoms with Crippen molar-refractivity contribution in [3.8, 4) is 5.75 Å². The lowest BCUT2D eigenvalue weighted by Crippen LogP contribution is -2.27. The number of H-pyrrole nitrogens is 1. The van der Waals surface area contributed by atoms with Crippen LogP contribution in [0.15, 0.2) is 18.5 Å². The summed E-state index contributed by atoms with van der Waals surface area (Å²) in [5.74, 6) is 0.0972. The van der Waals surface area contributed by atoms with Gasteiger partial charge in [0.25, 0.3) is 5.91 Å². The quantitative estimate of drug-likeness (QED) is 0.430. The summed E-state index contributed by atoms with van der Waals surface area (Å²) in [7, 11) is 1.54. The molecule has 4 heterocycles. The number of anilines is 2. The van der Waals surface area contributed by atoms with Gasteiger partial charge in [0.2, 0.25) is 5.95 Å². The topological polar surface area (TPSA) is 110 Å². The van der Waals surface area contributed by atoms with E-state index in [1.165, 1.54) is 18.1 Å². The summed E-state index contributed by atoms with van der Waals surface area (Å²) in [5.41, 5.74) is 7.26. The molecule has 4 rings (SSSR count). The van der Waals surface area contributed by atoms with Gasteiger partial charge in [-0.05, 0) is 26.0 Å². The van der Waals surface area contributed by atoms with Gasteiger partial charge in [-0.3, -0.25) is 14.7 Å². The molecule has 1 amide bonds. The third-order valence-corrected chi connectivity index (χ3v) is 5.53. The zero-order chi connectivity index (χ0) is 24.1. The number of aromatic amines is 1. The van der Waals surface area contributed by atoms with Crippen LogP contribution in [0.3, 0.4) is 0 Å². The van der Waals surface area contributed by atoms with E-state index in [1.54, 1.807) is 6.20 Å². The molecule has 0 bridgehead atoms. The van der Waals surface area contributed by atoms with Crippen molar-refractivity contribution in [2.45, 2.75) is 26.6 Å². The number of halogens is 4. The maximum absolute atomic E-state index is 13.4. The lowest BCUT2D eigenvalue weighted by Gasteiger charge is -2.19. The molecule has 0 radical (unpaired) electrons. The lowest BCUT2D eigenvalue weighted by atomic mass is 10.1. The number of hydrogen-bond acceptors (Lipinski definition) is 6. The van der Waals surface area contributed by atoms with Crippen molar-refractivity contribution in [1.29, 1.82) is 0 Å². The first-order valence-electron chi connectivity index (χ1n) is 9.63. The van der Waals surface area contributed by atoms with E-state index < -0.39 is 17.6 Å². The molecule has 0 aliphatic carbocycles. The van der Waals surface area contributed by atoms with Gasteiger partial charge in [-0.25, -0.2) is 4.98 Å². The molecule has 33 heavy (non-hydrogen) atoms. The SMILES string of the molecule is COc1c(C)cnc(CN2C(=O)C(=Cc3cc(C(F)(F)F)c[nH]3)c3c(Cl)nc(N)nc32)c1C. The van der Waals surface area contributed by atoms with Crippen LogP contribution in [0.4, 0.5) is 24.9 Å². The van der Waals surface area contributed by atoms with Crippen LogP contribution >= 0.6 is 11.6 Å². The van der Waals surface area contributed by atoms with E-state index in [0.717, 1.165) is 23.4 Å². The van der Waals surface area contributed by atoms with Crippen molar-refractivity contribution in [1.82, 2.24) is 19.9 Å². The van der Waals surface area contributed by atoms with Gasteiger partial charge in [0.05, 0.1) is 36.0 Å². The third-order valence-electron chi connectivity index (χ3n) is 5.25. The van der Waals surface area contributed by atoms with E-state index in [0.29, 0.717) is 11.4 Å². The van der Waals surface area contributed by atoms with E-state index in [9.17, 15) is 18.0 Å². The van der Waals surface area contributed by atoms with E-state index >= 15 is 0 Å². The predicted octanol–water partition coefficient (Wildman–Crippen LogP) is 4.17. The van der Waals surface area contributed by atoms with E-state index in [2.05, 4.69) is 19.9 Å². The lowest BCUT2D eigenvalue weighted by molar-refractivity contribution is -0.137. The fourth-order valence-corrected chi connectivity index (χ4v) is 3.96. The summed E-state index contributed by atoms with van der Waals surface area (Å²) >= 11 is 6.27. The number of rotatable bonds is 4. The van der Waals surface area contributed by atoms with Crippen LogP contribution in [0.5, 0.6) is 5.75 Å². The Balaban J connectivity index is 1.81. The minimum absolute atomic E-state index is 0.0109. The minimum atomic E-state index is -4.53. The number of nitrogens with one attached hydrogen (secondary N) is 1. The van der Waals surface area contributed by atoms with Gasteiger partial charge in [0.1, 0.15) is 10.9 Å². The third kappa shape index (κ3) is 3.99. The Morgan fingerprint density at radius 3 is 2.67 bits per heavy atom. The fraction of sp³-hybridized carbons (Fsp3) is 0.238. The highest BCUT2D eigenvalue weighted by Gasteiger charge is 2.38. The molecule has 3 N–H and O–H groups in total. The Hall–Kier alpha value is -3.60. The van der Waals surface area contributed by atoms with Crippen LogP contribution in [0.2, 0.25) is 5.15 Å². The number of ether oxygens (including phenoxy) is 1. The van der Waals surface area contributed by atoms with Gasteiger partial charge < -0.3 is 15.5 Å². The number of aryl methyl sites for hydroxylation is 1. The van der Waals surface area contributed by atoms with E-state index in [-0.39, 0.29) is 40.3 Å². The maximum Gasteiger partial charge on any atom is 0.417 e. The normalized spacial score (nSPS) is 14.8. The smallest absolute Gasteiger partial charge is 0.417 e. The zero-order valence-electron chi connectivity index (χ0n) is 17.7. The molecule has 8 nitrogen and oxygen atoms in total. The van der Waals surface area contributed by atoms with Crippen LogP contribution in [0, 0.1) is 13.8 Å². The largest absolute Gasteiger partial charge is 0.496 e. The highest BCUT2D eigenvalue weighted by molar-refractivity contribution is 6.41. The van der Waals surface area contributed by atoms with Gasteiger partial charge in [0.15, 0.2) is 5.82 Å². The number of nitrogens with zero attached hydrogens (tertiary/aromatic N) is 4. The minimum Gasteiger partial charge on any atom is -0.496 e. The average Bonchev–Trinajstić information content (AvgIpc) is 3.29. The van der Waals surface area contributed by atoms with Crippen LogP contribution < -0.4 is 15.4 Å². The number of pyridine rings is 1. The maximum atomic E-state index is 13.4. The number of carbonyl (C=O) groups excluding carboxylic acids is 1. The number of amides is 1. The van der Waals surface area contributed by atoms with Crippen molar-refractivity contribution in [2.24, 2.45) is 0 Å². The number of aromatic nitrogens is 4. The number of alkyl halides is 3. The summed E-state index contributed by atoms with van der Waals surface area (Å²) in [6.45, 7) is 3.67. The van der Waals surface area contributed by atoms with Gasteiger partial charge in [-0.1, -0.05) is 11.6 Å². The van der Waals surface area contributed by atoms with E-state index in [4.69, 9.17) is 22.1 Å². The van der Waals surface area contributed by atoms with Crippen molar-refractivity contribution >= 4 is 40.9 Å². The second-order valence-corrected chi connectivity index (χ2v) is 7.77. The van der Waals surface area contributed by atoms with Crippen molar-refractivity contribution in [2.75, 3.05) is 17.7 Å². The molecule has 0 saturated heterocycles. The van der Waals surface area contributed by atoms with Gasteiger partial charge in [-0.15, -0.1) is 0 Å². The van der Waals surface area contributed by atoms with Crippen LogP contribution in [0.1, 0.15) is 33.6 Å². The van der Waals surface area contributed by atoms with Crippen LogP contribution in [-0.2, 0) is 17.5 Å². The molecule has 172 valence electrons. The number of carbonyl (C=O) groups is 1. The molecule has 0 unspecified atom stereocenters. The summed E-state index contributed by atoms with van der Waals surface area (Å²) in [5, 5.41) is -0.0895. The zero-order valence-corrected chi connectivity index (χ0v) is 18.5. The van der Waals surface area contributed by atoms with Crippen molar-refractivity contribution in [3.63, 3.8) is 0 Å². The highest BCUT2D eigenvalue weighted by Crippen LogP contribution is 2.42. The summed E-state index contributed by atoms with van der Waals surface area (Å²) in [6.07, 6.45) is -0.812. The molecule has 0 spiro atoms. The molecule has 0 atom stereocenters. The number of nitrogen functional groups attached to an aromatic ring is 1. The Kier molecular flexibility index (Phi) is 5.52. The van der Waals surface area contributed by atoms with Gasteiger partial charge >= 0.3 is 6.18 Å². The summed E-state index contributed by atoms with van der Waals surface area (Å²) in [4.78, 5) is 29.7. The monoisotopic (exact) mass is 478 g/mol. The molecule has 3 aromatic heterocycles. The van der Waals surface area contributed by atoms with Crippen molar-refractivity contribution in [3.05, 3.63) is 57.3 Å². The predicted molar refractivity (Wildman–Crippen MR) is 117 cm³/mol. The molecule has 0 saturated carbocycles. The molecular formula is C21H18ClF3N6O2. The highest BCUT2D eigenvalue weighted by atomic mass is 35.5.